The van der Waals surface area contributed by atoms with Gasteiger partial charge in [0.1, 0.15) is 5.75 Å². The van der Waals surface area contributed by atoms with Crippen LogP contribution in [-0.4, -0.2) is 7.11 Å². The van der Waals surface area contributed by atoms with Gasteiger partial charge < -0.3 is 10.5 Å². The van der Waals surface area contributed by atoms with Crippen LogP contribution in [0.1, 0.15) is 55.3 Å². The van der Waals surface area contributed by atoms with Gasteiger partial charge in [0, 0.05) is 16.1 Å². The Hall–Kier alpha value is -0.540. The van der Waals surface area contributed by atoms with Crippen LogP contribution >= 0.6 is 15.9 Å². The first-order valence-corrected chi connectivity index (χ1v) is 8.34. The molecule has 2 N–H and O–H groups in total. The smallest absolute Gasteiger partial charge is 0.126 e. The fourth-order valence-electron chi connectivity index (χ4n) is 3.43. The lowest BCUT2D eigenvalue weighted by atomic mass is 9.76. The van der Waals surface area contributed by atoms with Gasteiger partial charge in [0.15, 0.2) is 0 Å². The van der Waals surface area contributed by atoms with Crippen LogP contribution in [0.3, 0.4) is 0 Å². The fraction of sp³-hybridized carbons (Fsp3) is 0.647. The van der Waals surface area contributed by atoms with Gasteiger partial charge in [0.05, 0.1) is 7.11 Å². The highest BCUT2D eigenvalue weighted by Gasteiger charge is 2.28. The van der Waals surface area contributed by atoms with Crippen molar-refractivity contribution in [2.45, 2.75) is 52.5 Å². The predicted molar refractivity (Wildman–Crippen MR) is 88.2 cm³/mol. The van der Waals surface area contributed by atoms with Crippen molar-refractivity contribution in [1.82, 2.24) is 0 Å². The Morgan fingerprint density at radius 1 is 1.25 bits per heavy atom. The van der Waals surface area contributed by atoms with Crippen molar-refractivity contribution in [1.29, 1.82) is 0 Å². The summed E-state index contributed by atoms with van der Waals surface area (Å²) < 4.78 is 6.77. The summed E-state index contributed by atoms with van der Waals surface area (Å²) in [6.07, 6.45) is 5.06. The molecule has 1 aliphatic rings. The molecule has 3 heteroatoms. The summed E-state index contributed by atoms with van der Waals surface area (Å²) in [6, 6.07) is 2.20. The quantitative estimate of drug-likeness (QED) is 0.849. The van der Waals surface area contributed by atoms with E-state index in [0.717, 1.165) is 21.7 Å². The first-order valence-electron chi connectivity index (χ1n) is 7.54. The highest BCUT2D eigenvalue weighted by Crippen LogP contribution is 2.42. The van der Waals surface area contributed by atoms with E-state index in [2.05, 4.69) is 42.8 Å². The van der Waals surface area contributed by atoms with Gasteiger partial charge in [-0.3, -0.25) is 0 Å². The maximum Gasteiger partial charge on any atom is 0.126 e. The number of ether oxygens (including phenoxy) is 1. The molecule has 0 aliphatic heterocycles. The zero-order chi connectivity index (χ0) is 14.9. The molecule has 1 aliphatic carbocycles. The summed E-state index contributed by atoms with van der Waals surface area (Å²) in [5.41, 5.74) is 10.2. The van der Waals surface area contributed by atoms with Gasteiger partial charge >= 0.3 is 0 Å². The van der Waals surface area contributed by atoms with E-state index in [1.165, 1.54) is 36.8 Å². The van der Waals surface area contributed by atoms with Gasteiger partial charge in [-0.25, -0.2) is 0 Å². The molecular weight excluding hydrogens is 314 g/mol. The number of rotatable bonds is 3. The average Bonchev–Trinajstić information content (AvgIpc) is 2.42. The van der Waals surface area contributed by atoms with Gasteiger partial charge in [0.25, 0.3) is 0 Å². The van der Waals surface area contributed by atoms with Gasteiger partial charge in [-0.2, -0.15) is 0 Å². The lowest BCUT2D eigenvalue weighted by Crippen LogP contribution is -2.26. The third kappa shape index (κ3) is 3.04. The molecule has 1 fully saturated rings. The minimum atomic E-state index is 0.0775. The first-order chi connectivity index (χ1) is 9.45. The number of benzene rings is 1. The number of nitrogens with two attached hydrogens (primary N) is 1. The molecule has 1 aromatic rings. The lowest BCUT2D eigenvalue weighted by Gasteiger charge is -2.32. The number of hydrogen-bond donors (Lipinski definition) is 1. The van der Waals surface area contributed by atoms with E-state index in [-0.39, 0.29) is 6.04 Å². The maximum absolute atomic E-state index is 6.63. The Balaban J connectivity index is 2.35. The van der Waals surface area contributed by atoms with E-state index < -0.39 is 0 Å². The molecule has 1 aromatic carbocycles. The van der Waals surface area contributed by atoms with E-state index in [4.69, 9.17) is 10.5 Å². The molecule has 0 aromatic heterocycles. The second-order valence-corrected chi connectivity index (χ2v) is 7.15. The lowest BCUT2D eigenvalue weighted by molar-refractivity contribution is 0.252. The standard InChI is InChI=1S/C17H26BrNO/c1-10-5-7-13(8-6-10)16(19)15-12(3)14(18)9-11(2)17(15)20-4/h9-10,13,16H,5-8,19H2,1-4H3. The molecule has 0 heterocycles. The Morgan fingerprint density at radius 3 is 2.40 bits per heavy atom. The van der Waals surface area contributed by atoms with Crippen molar-refractivity contribution in [3.63, 3.8) is 0 Å². The largest absolute Gasteiger partial charge is 0.496 e. The van der Waals surface area contributed by atoms with Gasteiger partial charge in [-0.1, -0.05) is 35.7 Å². The normalized spacial score (nSPS) is 24.5. The van der Waals surface area contributed by atoms with Crippen LogP contribution in [0.2, 0.25) is 0 Å². The maximum atomic E-state index is 6.63. The van der Waals surface area contributed by atoms with Crippen molar-refractivity contribution in [3.8, 4) is 5.75 Å². The van der Waals surface area contributed by atoms with Crippen LogP contribution < -0.4 is 10.5 Å². The van der Waals surface area contributed by atoms with E-state index >= 15 is 0 Å². The average molecular weight is 340 g/mol. The highest BCUT2D eigenvalue weighted by molar-refractivity contribution is 9.10. The van der Waals surface area contributed by atoms with Crippen LogP contribution in [0.15, 0.2) is 10.5 Å². The van der Waals surface area contributed by atoms with E-state index in [9.17, 15) is 0 Å². The minimum absolute atomic E-state index is 0.0775. The summed E-state index contributed by atoms with van der Waals surface area (Å²) in [4.78, 5) is 0. The van der Waals surface area contributed by atoms with Crippen LogP contribution in [0.25, 0.3) is 0 Å². The molecule has 0 radical (unpaired) electrons. The molecule has 1 unspecified atom stereocenters. The summed E-state index contributed by atoms with van der Waals surface area (Å²) in [5.74, 6) is 2.40. The van der Waals surface area contributed by atoms with E-state index in [1.807, 2.05) is 0 Å². The minimum Gasteiger partial charge on any atom is -0.496 e. The molecule has 0 saturated heterocycles. The molecule has 1 atom stereocenters. The van der Waals surface area contributed by atoms with Crippen LogP contribution in [0.4, 0.5) is 0 Å². The second kappa shape index (κ2) is 6.48. The monoisotopic (exact) mass is 339 g/mol. The molecule has 1 saturated carbocycles. The first kappa shape index (κ1) is 15.8. The number of methoxy groups -OCH3 is 1. The molecule has 0 amide bonds. The van der Waals surface area contributed by atoms with Crippen molar-refractivity contribution in [3.05, 3.63) is 27.2 Å². The predicted octanol–water partition coefficient (Wildman–Crippen LogP) is 4.90. The fourth-order valence-corrected chi connectivity index (χ4v) is 3.99. The van der Waals surface area contributed by atoms with Crippen molar-refractivity contribution in [2.75, 3.05) is 7.11 Å². The molecule has 20 heavy (non-hydrogen) atoms. The van der Waals surface area contributed by atoms with Crippen LogP contribution in [0, 0.1) is 25.7 Å². The Labute approximate surface area is 131 Å². The number of halogens is 1. The van der Waals surface area contributed by atoms with Gasteiger partial charge in [-0.05, 0) is 55.7 Å². The summed E-state index contributed by atoms with van der Waals surface area (Å²) >= 11 is 3.65. The number of hydrogen-bond acceptors (Lipinski definition) is 2. The molecule has 0 spiro atoms. The third-order valence-electron chi connectivity index (χ3n) is 4.81. The summed E-state index contributed by atoms with van der Waals surface area (Å²) in [6.45, 7) is 6.56. The Kier molecular flexibility index (Phi) is 5.14. The number of aryl methyl sites for hydroxylation is 1. The Bertz CT molecular complexity index is 478. The second-order valence-electron chi connectivity index (χ2n) is 6.29. The molecule has 0 bridgehead atoms. The zero-order valence-corrected chi connectivity index (χ0v) is 14.6. The van der Waals surface area contributed by atoms with Gasteiger partial charge in [0.2, 0.25) is 0 Å². The summed E-state index contributed by atoms with van der Waals surface area (Å²) in [7, 11) is 1.74. The topological polar surface area (TPSA) is 35.2 Å². The van der Waals surface area contributed by atoms with Crippen molar-refractivity contribution >= 4 is 15.9 Å². The Morgan fingerprint density at radius 2 is 1.85 bits per heavy atom. The van der Waals surface area contributed by atoms with Crippen molar-refractivity contribution in [2.24, 2.45) is 17.6 Å². The zero-order valence-electron chi connectivity index (χ0n) is 13.0. The molecule has 2 nitrogen and oxygen atoms in total. The van der Waals surface area contributed by atoms with Crippen molar-refractivity contribution < 1.29 is 4.74 Å². The third-order valence-corrected chi connectivity index (χ3v) is 5.64. The van der Waals surface area contributed by atoms with Crippen LogP contribution in [-0.2, 0) is 0 Å². The van der Waals surface area contributed by atoms with E-state index in [0.29, 0.717) is 5.92 Å². The van der Waals surface area contributed by atoms with E-state index in [1.54, 1.807) is 7.11 Å². The summed E-state index contributed by atoms with van der Waals surface area (Å²) in [5, 5.41) is 0. The van der Waals surface area contributed by atoms with Gasteiger partial charge in [-0.15, -0.1) is 0 Å². The highest BCUT2D eigenvalue weighted by atomic mass is 79.9. The SMILES string of the molecule is COc1c(C)cc(Br)c(C)c1C(N)C1CCC(C)CC1. The molecule has 112 valence electrons. The molecule has 2 rings (SSSR count). The van der Waals surface area contributed by atoms with Crippen LogP contribution in [0.5, 0.6) is 5.75 Å². The molecular formula is C17H26BrNO.